The Bertz CT molecular complexity index is 376. The average molecular weight is 263 g/mol. The number of hydrogen-bond donors (Lipinski definition) is 1. The summed E-state index contributed by atoms with van der Waals surface area (Å²) in [6.45, 7) is 11.9. The quantitative estimate of drug-likeness (QED) is 0.780. The van der Waals surface area contributed by atoms with Crippen LogP contribution in [0.1, 0.15) is 45.4 Å². The van der Waals surface area contributed by atoms with Crippen molar-refractivity contribution in [2.45, 2.75) is 47.1 Å². The molecule has 0 aliphatic carbocycles. The van der Waals surface area contributed by atoms with Crippen LogP contribution in [0, 0.1) is 5.92 Å². The zero-order valence-corrected chi connectivity index (χ0v) is 13.2. The summed E-state index contributed by atoms with van der Waals surface area (Å²) in [6.07, 6.45) is 2.21. The molecule has 1 unspecified atom stereocenters. The molecule has 0 aliphatic rings. The molecule has 0 amide bonds. The molecule has 0 spiro atoms. The van der Waals surface area contributed by atoms with Crippen molar-refractivity contribution in [3.05, 3.63) is 23.4 Å². The molecule has 19 heavy (non-hydrogen) atoms. The summed E-state index contributed by atoms with van der Waals surface area (Å²) in [4.78, 5) is 7.19. The van der Waals surface area contributed by atoms with Gasteiger partial charge in [0.15, 0.2) is 0 Å². The molecule has 0 radical (unpaired) electrons. The van der Waals surface area contributed by atoms with Gasteiger partial charge < -0.3 is 10.2 Å². The van der Waals surface area contributed by atoms with Crippen molar-refractivity contribution in [1.29, 1.82) is 0 Å². The topological polar surface area (TPSA) is 28.2 Å². The first-order chi connectivity index (χ1) is 9.14. The molecule has 1 rings (SSSR count). The fourth-order valence-electron chi connectivity index (χ4n) is 2.17. The largest absolute Gasteiger partial charge is 0.357 e. The molecule has 1 atom stereocenters. The molecule has 0 bridgehead atoms. The van der Waals surface area contributed by atoms with Crippen molar-refractivity contribution in [2.24, 2.45) is 5.92 Å². The molecule has 0 aromatic carbocycles. The third-order valence-corrected chi connectivity index (χ3v) is 3.60. The lowest BCUT2D eigenvalue weighted by Gasteiger charge is -2.26. The summed E-state index contributed by atoms with van der Waals surface area (Å²) >= 11 is 0. The van der Waals surface area contributed by atoms with E-state index in [1.165, 1.54) is 17.7 Å². The molecule has 3 heteroatoms. The fourth-order valence-corrected chi connectivity index (χ4v) is 2.17. The van der Waals surface area contributed by atoms with Crippen LogP contribution >= 0.6 is 0 Å². The second-order valence-electron chi connectivity index (χ2n) is 5.26. The lowest BCUT2D eigenvalue weighted by Crippen LogP contribution is -2.29. The summed E-state index contributed by atoms with van der Waals surface area (Å²) in [5, 5.41) is 3.23. The van der Waals surface area contributed by atoms with Crippen LogP contribution < -0.4 is 10.2 Å². The van der Waals surface area contributed by atoms with Crippen LogP contribution in [0.5, 0.6) is 0 Å². The Morgan fingerprint density at radius 3 is 2.53 bits per heavy atom. The van der Waals surface area contributed by atoms with E-state index in [0.717, 1.165) is 31.9 Å². The van der Waals surface area contributed by atoms with Gasteiger partial charge in [0.25, 0.3) is 0 Å². The van der Waals surface area contributed by atoms with Gasteiger partial charge in [-0.25, -0.2) is 4.98 Å². The van der Waals surface area contributed by atoms with Crippen LogP contribution in [0.4, 0.5) is 5.82 Å². The van der Waals surface area contributed by atoms with Crippen molar-refractivity contribution in [3.8, 4) is 0 Å². The number of rotatable bonds is 8. The molecular weight excluding hydrogens is 234 g/mol. The maximum Gasteiger partial charge on any atom is 0.129 e. The molecule has 1 aromatic rings. The summed E-state index contributed by atoms with van der Waals surface area (Å²) < 4.78 is 0. The molecule has 3 nitrogen and oxygen atoms in total. The van der Waals surface area contributed by atoms with Crippen molar-refractivity contribution < 1.29 is 0 Å². The van der Waals surface area contributed by atoms with E-state index >= 15 is 0 Å². The third kappa shape index (κ3) is 4.83. The summed E-state index contributed by atoms with van der Waals surface area (Å²) in [6, 6.07) is 4.43. The molecule has 0 saturated heterocycles. The Morgan fingerprint density at radius 1 is 1.26 bits per heavy atom. The van der Waals surface area contributed by atoms with Crippen molar-refractivity contribution in [2.75, 3.05) is 25.0 Å². The van der Waals surface area contributed by atoms with Gasteiger partial charge in [-0.15, -0.1) is 0 Å². The molecule has 0 saturated carbocycles. The highest BCUT2D eigenvalue weighted by Gasteiger charge is 2.11. The molecule has 0 aliphatic heterocycles. The van der Waals surface area contributed by atoms with E-state index in [1.807, 2.05) is 7.05 Å². The smallest absolute Gasteiger partial charge is 0.129 e. The van der Waals surface area contributed by atoms with E-state index in [4.69, 9.17) is 4.98 Å². The summed E-state index contributed by atoms with van der Waals surface area (Å²) in [5.74, 6) is 1.84. The summed E-state index contributed by atoms with van der Waals surface area (Å²) in [7, 11) is 1.99. The number of aromatic nitrogens is 1. The van der Waals surface area contributed by atoms with E-state index in [0.29, 0.717) is 5.92 Å². The standard InChI is InChI=1S/C16H29N3/c1-6-13(4)12-19(8-3)16-10-14(11-17-5)9-15(7-2)18-16/h9-10,13,17H,6-8,11-12H2,1-5H3. The van der Waals surface area contributed by atoms with Crippen molar-refractivity contribution in [3.63, 3.8) is 0 Å². The lowest BCUT2D eigenvalue weighted by molar-refractivity contribution is 0.545. The van der Waals surface area contributed by atoms with Gasteiger partial charge in [-0.1, -0.05) is 27.2 Å². The van der Waals surface area contributed by atoms with E-state index in [-0.39, 0.29) is 0 Å². The van der Waals surface area contributed by atoms with Crippen LogP contribution in [-0.2, 0) is 13.0 Å². The van der Waals surface area contributed by atoms with Gasteiger partial charge in [-0.3, -0.25) is 0 Å². The van der Waals surface area contributed by atoms with Crippen molar-refractivity contribution in [1.82, 2.24) is 10.3 Å². The molecule has 0 fully saturated rings. The number of pyridine rings is 1. The lowest BCUT2D eigenvalue weighted by atomic mass is 10.1. The molecule has 1 aromatic heterocycles. The Labute approximate surface area is 118 Å². The third-order valence-electron chi connectivity index (χ3n) is 3.60. The number of anilines is 1. The highest BCUT2D eigenvalue weighted by atomic mass is 15.2. The van der Waals surface area contributed by atoms with Gasteiger partial charge in [-0.05, 0) is 44.0 Å². The number of nitrogens with one attached hydrogen (secondary N) is 1. The molecule has 1 heterocycles. The van der Waals surface area contributed by atoms with Crippen LogP contribution in [0.25, 0.3) is 0 Å². The minimum absolute atomic E-state index is 0.708. The van der Waals surface area contributed by atoms with Gasteiger partial charge in [-0.2, -0.15) is 0 Å². The first-order valence-corrected chi connectivity index (χ1v) is 7.53. The minimum Gasteiger partial charge on any atom is -0.357 e. The molecule has 1 N–H and O–H groups in total. The Balaban J connectivity index is 2.97. The van der Waals surface area contributed by atoms with Gasteiger partial charge in [0, 0.05) is 25.3 Å². The first kappa shape index (κ1) is 16.0. The fraction of sp³-hybridized carbons (Fsp3) is 0.688. The molecular formula is C16H29N3. The van der Waals surface area contributed by atoms with Crippen molar-refractivity contribution >= 4 is 5.82 Å². The predicted molar refractivity (Wildman–Crippen MR) is 83.7 cm³/mol. The number of aryl methyl sites for hydroxylation is 1. The van der Waals surface area contributed by atoms with E-state index in [9.17, 15) is 0 Å². The van der Waals surface area contributed by atoms with E-state index in [1.54, 1.807) is 0 Å². The Morgan fingerprint density at radius 2 is 2.00 bits per heavy atom. The van der Waals surface area contributed by atoms with Gasteiger partial charge in [0.2, 0.25) is 0 Å². The highest BCUT2D eigenvalue weighted by Crippen LogP contribution is 2.18. The SMILES string of the molecule is CCc1cc(CNC)cc(N(CC)CC(C)CC)n1. The summed E-state index contributed by atoms with van der Waals surface area (Å²) in [5.41, 5.74) is 2.51. The van der Waals surface area contributed by atoms with Crippen LogP contribution in [-0.4, -0.2) is 25.1 Å². The van der Waals surface area contributed by atoms with Crippen LogP contribution in [0.2, 0.25) is 0 Å². The second-order valence-corrected chi connectivity index (χ2v) is 5.26. The highest BCUT2D eigenvalue weighted by molar-refractivity contribution is 5.43. The van der Waals surface area contributed by atoms with E-state index in [2.05, 4.69) is 50.0 Å². The minimum atomic E-state index is 0.708. The number of nitrogens with zero attached hydrogens (tertiary/aromatic N) is 2. The zero-order valence-electron chi connectivity index (χ0n) is 13.2. The monoisotopic (exact) mass is 263 g/mol. The molecule has 108 valence electrons. The average Bonchev–Trinajstić information content (AvgIpc) is 2.44. The Hall–Kier alpha value is -1.09. The van der Waals surface area contributed by atoms with Crippen LogP contribution in [0.3, 0.4) is 0 Å². The van der Waals surface area contributed by atoms with E-state index < -0.39 is 0 Å². The van der Waals surface area contributed by atoms with Gasteiger partial charge in [0.1, 0.15) is 5.82 Å². The predicted octanol–water partition coefficient (Wildman–Crippen LogP) is 3.24. The second kappa shape index (κ2) is 8.16. The van der Waals surface area contributed by atoms with Crippen LogP contribution in [0.15, 0.2) is 12.1 Å². The van der Waals surface area contributed by atoms with Gasteiger partial charge >= 0.3 is 0 Å². The zero-order chi connectivity index (χ0) is 14.3. The maximum atomic E-state index is 4.79. The Kier molecular flexibility index (Phi) is 6.85. The first-order valence-electron chi connectivity index (χ1n) is 7.53. The maximum absolute atomic E-state index is 4.79. The normalized spacial score (nSPS) is 12.5. The number of hydrogen-bond acceptors (Lipinski definition) is 3. The van der Waals surface area contributed by atoms with Gasteiger partial charge in [0.05, 0.1) is 0 Å².